The molecule has 0 N–H and O–H groups in total. The highest BCUT2D eigenvalue weighted by Crippen LogP contribution is 2.45. The van der Waals surface area contributed by atoms with Crippen LogP contribution in [-0.2, 0) is 0 Å². The number of aromatic nitrogens is 1. The highest BCUT2D eigenvalue weighted by molar-refractivity contribution is 6.22. The molecule has 47 heavy (non-hydrogen) atoms. The van der Waals surface area contributed by atoms with E-state index in [1.54, 1.807) is 0 Å². The molecule has 0 saturated heterocycles. The third kappa shape index (κ3) is 4.26. The molecule has 2 nitrogen and oxygen atoms in total. The standard InChI is InChI=1S/C45H28N2/c46-29-33-23-22-32(30-24-26-34(27-25-30)47-42-20-10-8-14-35(42)36-15-9-11-21-43(36)47)28-41(33)45-39-18-6-4-16-37(39)44(31-12-2-1-3-13-31)38-17-5-7-19-40(38)45/h1-28H. The average Bonchev–Trinajstić information content (AvgIpc) is 3.48. The molecular formula is C45H28N2. The van der Waals surface area contributed by atoms with Gasteiger partial charge < -0.3 is 4.57 Å². The Morgan fingerprint density at radius 2 is 0.851 bits per heavy atom. The molecule has 8 aromatic carbocycles. The molecule has 9 rings (SSSR count). The van der Waals surface area contributed by atoms with Gasteiger partial charge in [-0.1, -0.05) is 133 Å². The van der Waals surface area contributed by atoms with Crippen LogP contribution < -0.4 is 0 Å². The molecule has 2 heteroatoms. The van der Waals surface area contributed by atoms with Gasteiger partial charge in [0.05, 0.1) is 22.7 Å². The minimum Gasteiger partial charge on any atom is -0.309 e. The summed E-state index contributed by atoms with van der Waals surface area (Å²) in [5.41, 5.74) is 10.8. The van der Waals surface area contributed by atoms with Gasteiger partial charge >= 0.3 is 0 Å². The zero-order chi connectivity index (χ0) is 31.3. The van der Waals surface area contributed by atoms with E-state index in [0.29, 0.717) is 5.56 Å². The number of para-hydroxylation sites is 2. The monoisotopic (exact) mass is 596 g/mol. The van der Waals surface area contributed by atoms with Crippen LogP contribution in [-0.4, -0.2) is 4.57 Å². The van der Waals surface area contributed by atoms with Crippen LogP contribution in [0.2, 0.25) is 0 Å². The molecule has 0 aliphatic heterocycles. The van der Waals surface area contributed by atoms with Crippen LogP contribution in [0.4, 0.5) is 0 Å². The SMILES string of the molecule is N#Cc1ccc(-c2ccc(-n3c4ccccc4c4ccccc43)cc2)cc1-c1c2ccccc2c(-c2ccccc2)c2ccccc12. The highest BCUT2D eigenvalue weighted by Gasteiger charge is 2.19. The van der Waals surface area contributed by atoms with Gasteiger partial charge in [-0.2, -0.15) is 5.26 Å². The molecule has 0 aliphatic rings. The number of benzene rings is 8. The van der Waals surface area contributed by atoms with Crippen LogP contribution in [0.15, 0.2) is 170 Å². The fourth-order valence-electron chi connectivity index (χ4n) is 7.37. The summed E-state index contributed by atoms with van der Waals surface area (Å²) in [5, 5.41) is 17.5. The third-order valence-electron chi connectivity index (χ3n) is 9.44. The molecule has 0 bridgehead atoms. The fourth-order valence-corrected chi connectivity index (χ4v) is 7.37. The van der Waals surface area contributed by atoms with E-state index in [1.165, 1.54) is 43.7 Å². The van der Waals surface area contributed by atoms with Gasteiger partial charge in [0.1, 0.15) is 0 Å². The maximum Gasteiger partial charge on any atom is 0.0998 e. The van der Waals surface area contributed by atoms with Crippen molar-refractivity contribution in [3.8, 4) is 45.1 Å². The van der Waals surface area contributed by atoms with E-state index >= 15 is 0 Å². The van der Waals surface area contributed by atoms with Crippen molar-refractivity contribution in [2.45, 2.75) is 0 Å². The van der Waals surface area contributed by atoms with Crippen LogP contribution in [0, 0.1) is 11.3 Å². The van der Waals surface area contributed by atoms with E-state index in [0.717, 1.165) is 38.7 Å². The van der Waals surface area contributed by atoms with Crippen molar-refractivity contribution in [3.63, 3.8) is 0 Å². The number of nitrogens with zero attached hydrogens (tertiary/aromatic N) is 2. The van der Waals surface area contributed by atoms with Gasteiger partial charge in [0.25, 0.3) is 0 Å². The number of nitriles is 1. The van der Waals surface area contributed by atoms with Crippen LogP contribution >= 0.6 is 0 Å². The van der Waals surface area contributed by atoms with E-state index in [9.17, 15) is 5.26 Å². The van der Waals surface area contributed by atoms with Crippen molar-refractivity contribution in [1.82, 2.24) is 4.57 Å². The maximum absolute atomic E-state index is 10.4. The molecule has 0 aliphatic carbocycles. The second-order valence-corrected chi connectivity index (χ2v) is 12.0. The molecule has 0 unspecified atom stereocenters. The van der Waals surface area contributed by atoms with Crippen LogP contribution in [0.3, 0.4) is 0 Å². The van der Waals surface area contributed by atoms with Crippen molar-refractivity contribution < 1.29 is 0 Å². The Kier molecular flexibility index (Phi) is 6.23. The molecule has 0 amide bonds. The maximum atomic E-state index is 10.4. The van der Waals surface area contributed by atoms with Gasteiger partial charge in [-0.3, -0.25) is 0 Å². The quantitative estimate of drug-likeness (QED) is 0.186. The Labute approximate surface area is 273 Å². The molecule has 1 heterocycles. The normalized spacial score (nSPS) is 11.4. The van der Waals surface area contributed by atoms with Crippen LogP contribution in [0.25, 0.3) is 82.4 Å². The van der Waals surface area contributed by atoms with Gasteiger partial charge in [0, 0.05) is 22.0 Å². The summed E-state index contributed by atoms with van der Waals surface area (Å²) in [4.78, 5) is 0. The van der Waals surface area contributed by atoms with Gasteiger partial charge in [0.15, 0.2) is 0 Å². The molecule has 218 valence electrons. The summed E-state index contributed by atoms with van der Waals surface area (Å²) < 4.78 is 2.34. The van der Waals surface area contributed by atoms with Crippen molar-refractivity contribution in [2.24, 2.45) is 0 Å². The van der Waals surface area contributed by atoms with E-state index in [2.05, 4.69) is 174 Å². The summed E-state index contributed by atoms with van der Waals surface area (Å²) >= 11 is 0. The summed E-state index contributed by atoms with van der Waals surface area (Å²) in [7, 11) is 0. The van der Waals surface area contributed by atoms with Crippen molar-refractivity contribution >= 4 is 43.4 Å². The largest absolute Gasteiger partial charge is 0.309 e. The smallest absolute Gasteiger partial charge is 0.0998 e. The average molecular weight is 597 g/mol. The first kappa shape index (κ1) is 26.9. The van der Waals surface area contributed by atoms with E-state index in [1.807, 2.05) is 6.07 Å². The number of rotatable bonds is 4. The lowest BCUT2D eigenvalue weighted by atomic mass is 9.84. The lowest BCUT2D eigenvalue weighted by Gasteiger charge is -2.19. The molecular weight excluding hydrogens is 569 g/mol. The summed E-state index contributed by atoms with van der Waals surface area (Å²) in [6.07, 6.45) is 0. The second kappa shape index (κ2) is 10.9. The predicted molar refractivity (Wildman–Crippen MR) is 197 cm³/mol. The van der Waals surface area contributed by atoms with Crippen molar-refractivity contribution in [1.29, 1.82) is 5.26 Å². The first-order chi connectivity index (χ1) is 23.3. The molecule has 0 fully saturated rings. The zero-order valence-corrected chi connectivity index (χ0v) is 25.6. The molecule has 0 atom stereocenters. The first-order valence-electron chi connectivity index (χ1n) is 15.9. The molecule has 0 radical (unpaired) electrons. The minimum atomic E-state index is 0.665. The number of fused-ring (bicyclic) bond motifs is 5. The summed E-state index contributed by atoms with van der Waals surface area (Å²) in [6, 6.07) is 62.5. The summed E-state index contributed by atoms with van der Waals surface area (Å²) in [6.45, 7) is 0. The van der Waals surface area contributed by atoms with Gasteiger partial charge in [-0.15, -0.1) is 0 Å². The Bertz CT molecular complexity index is 2560. The van der Waals surface area contributed by atoms with Gasteiger partial charge in [0.2, 0.25) is 0 Å². The van der Waals surface area contributed by atoms with Crippen LogP contribution in [0.1, 0.15) is 5.56 Å². The van der Waals surface area contributed by atoms with Gasteiger partial charge in [-0.05, 0) is 85.8 Å². The Balaban J connectivity index is 1.23. The minimum absolute atomic E-state index is 0.665. The molecule has 1 aromatic heterocycles. The lowest BCUT2D eigenvalue weighted by Crippen LogP contribution is -1.94. The number of hydrogen-bond donors (Lipinski definition) is 0. The Morgan fingerprint density at radius 1 is 0.383 bits per heavy atom. The van der Waals surface area contributed by atoms with E-state index in [-0.39, 0.29) is 0 Å². The van der Waals surface area contributed by atoms with E-state index in [4.69, 9.17) is 0 Å². The molecule has 9 aromatic rings. The van der Waals surface area contributed by atoms with E-state index < -0.39 is 0 Å². The summed E-state index contributed by atoms with van der Waals surface area (Å²) in [5.74, 6) is 0. The lowest BCUT2D eigenvalue weighted by molar-refractivity contribution is 1.18. The molecule has 0 spiro atoms. The van der Waals surface area contributed by atoms with Gasteiger partial charge in [-0.25, -0.2) is 0 Å². The number of hydrogen-bond acceptors (Lipinski definition) is 1. The zero-order valence-electron chi connectivity index (χ0n) is 25.6. The van der Waals surface area contributed by atoms with Crippen LogP contribution in [0.5, 0.6) is 0 Å². The third-order valence-corrected chi connectivity index (χ3v) is 9.44. The topological polar surface area (TPSA) is 28.7 Å². The predicted octanol–water partition coefficient (Wildman–Crippen LogP) is 12.0. The molecule has 0 saturated carbocycles. The first-order valence-corrected chi connectivity index (χ1v) is 15.9. The Hall–Kier alpha value is -6.43. The van der Waals surface area contributed by atoms with Crippen molar-refractivity contribution in [2.75, 3.05) is 0 Å². The fraction of sp³-hybridized carbons (Fsp3) is 0. The Morgan fingerprint density at radius 3 is 1.40 bits per heavy atom. The highest BCUT2D eigenvalue weighted by atomic mass is 15.0. The van der Waals surface area contributed by atoms with Crippen molar-refractivity contribution in [3.05, 3.63) is 175 Å². The second-order valence-electron chi connectivity index (χ2n) is 12.0.